The van der Waals surface area contributed by atoms with E-state index >= 15 is 0 Å². The maximum Gasteiger partial charge on any atom is 0.274 e. The van der Waals surface area contributed by atoms with Crippen molar-refractivity contribution in [2.24, 2.45) is 0 Å². The van der Waals surface area contributed by atoms with Crippen molar-refractivity contribution in [1.82, 2.24) is 29.0 Å². The van der Waals surface area contributed by atoms with Gasteiger partial charge in [0.1, 0.15) is 17.2 Å². The molecule has 4 heterocycles. The van der Waals surface area contributed by atoms with E-state index in [1.807, 2.05) is 35.7 Å². The van der Waals surface area contributed by atoms with E-state index in [-0.39, 0.29) is 5.91 Å². The topological polar surface area (TPSA) is 68.3 Å². The van der Waals surface area contributed by atoms with E-state index < -0.39 is 0 Å². The monoisotopic (exact) mass is 324 g/mol. The molecule has 24 heavy (non-hydrogen) atoms. The molecule has 0 spiro atoms. The van der Waals surface area contributed by atoms with Gasteiger partial charge in [-0.1, -0.05) is 19.9 Å². The van der Waals surface area contributed by atoms with E-state index in [1.165, 1.54) is 0 Å². The van der Waals surface area contributed by atoms with Crippen LogP contribution in [0.15, 0.2) is 24.4 Å². The number of rotatable bonds is 2. The van der Waals surface area contributed by atoms with E-state index in [1.54, 1.807) is 4.90 Å². The van der Waals surface area contributed by atoms with Crippen molar-refractivity contribution in [3.63, 3.8) is 0 Å². The molecule has 1 aliphatic rings. The molecular formula is C17H20N6O. The molecule has 0 aliphatic carbocycles. The number of aromatic nitrogens is 5. The summed E-state index contributed by atoms with van der Waals surface area (Å²) in [5.74, 6) is 2.10. The van der Waals surface area contributed by atoms with Crippen LogP contribution in [0.25, 0.3) is 5.65 Å². The fraction of sp³-hybridized carbons (Fsp3) is 0.412. The van der Waals surface area contributed by atoms with Crippen LogP contribution in [-0.4, -0.2) is 41.5 Å². The first-order valence-corrected chi connectivity index (χ1v) is 8.20. The zero-order valence-corrected chi connectivity index (χ0v) is 14.1. The third kappa shape index (κ3) is 2.28. The minimum Gasteiger partial charge on any atom is -0.328 e. The Kier molecular flexibility index (Phi) is 3.37. The zero-order chi connectivity index (χ0) is 16.8. The lowest BCUT2D eigenvalue weighted by atomic mass is 10.2. The van der Waals surface area contributed by atoms with Gasteiger partial charge in [-0.3, -0.25) is 4.79 Å². The van der Waals surface area contributed by atoms with E-state index in [2.05, 4.69) is 33.6 Å². The van der Waals surface area contributed by atoms with Crippen LogP contribution in [-0.2, 0) is 13.1 Å². The van der Waals surface area contributed by atoms with Gasteiger partial charge < -0.3 is 13.9 Å². The lowest BCUT2D eigenvalue weighted by molar-refractivity contribution is 0.0701. The largest absolute Gasteiger partial charge is 0.328 e. The molecule has 3 aromatic rings. The molecule has 0 aromatic carbocycles. The summed E-state index contributed by atoms with van der Waals surface area (Å²) in [6, 6.07) is 5.86. The van der Waals surface area contributed by atoms with Gasteiger partial charge in [0.05, 0.1) is 6.54 Å². The van der Waals surface area contributed by atoms with Crippen molar-refractivity contribution in [1.29, 1.82) is 0 Å². The van der Waals surface area contributed by atoms with Gasteiger partial charge in [0.2, 0.25) is 0 Å². The Balaban J connectivity index is 1.61. The first kappa shape index (κ1) is 14.9. The third-order valence-corrected chi connectivity index (χ3v) is 4.50. The van der Waals surface area contributed by atoms with Gasteiger partial charge in [-0.15, -0.1) is 10.2 Å². The predicted molar refractivity (Wildman–Crippen MR) is 88.8 cm³/mol. The lowest BCUT2D eigenvalue weighted by Gasteiger charge is -2.27. The minimum absolute atomic E-state index is 0.0570. The van der Waals surface area contributed by atoms with E-state index in [0.717, 1.165) is 29.5 Å². The van der Waals surface area contributed by atoms with Crippen LogP contribution in [0.5, 0.6) is 0 Å². The quantitative estimate of drug-likeness (QED) is 0.723. The summed E-state index contributed by atoms with van der Waals surface area (Å²) in [4.78, 5) is 19.1. The fourth-order valence-electron chi connectivity index (χ4n) is 3.19. The van der Waals surface area contributed by atoms with E-state index in [0.29, 0.717) is 24.7 Å². The highest BCUT2D eigenvalue weighted by atomic mass is 16.2. The molecule has 0 fully saturated rings. The van der Waals surface area contributed by atoms with Crippen LogP contribution in [0.1, 0.15) is 47.6 Å². The summed E-state index contributed by atoms with van der Waals surface area (Å²) < 4.78 is 4.07. The molecule has 0 atom stereocenters. The van der Waals surface area contributed by atoms with Crippen LogP contribution >= 0.6 is 0 Å². The van der Waals surface area contributed by atoms with E-state index in [4.69, 9.17) is 0 Å². The summed E-state index contributed by atoms with van der Waals surface area (Å²) in [7, 11) is 0. The molecule has 0 saturated carbocycles. The van der Waals surface area contributed by atoms with Crippen LogP contribution < -0.4 is 0 Å². The number of aryl methyl sites for hydroxylation is 1. The van der Waals surface area contributed by atoms with Crippen LogP contribution in [0, 0.1) is 6.92 Å². The first-order chi connectivity index (χ1) is 11.5. The highest BCUT2D eigenvalue weighted by Crippen LogP contribution is 2.20. The first-order valence-electron chi connectivity index (χ1n) is 8.20. The number of carbonyl (C=O) groups is 1. The predicted octanol–water partition coefficient (Wildman–Crippen LogP) is 2.01. The highest BCUT2D eigenvalue weighted by molar-refractivity contribution is 5.93. The van der Waals surface area contributed by atoms with Gasteiger partial charge in [-0.2, -0.15) is 0 Å². The van der Waals surface area contributed by atoms with Crippen LogP contribution in [0.3, 0.4) is 0 Å². The van der Waals surface area contributed by atoms with Gasteiger partial charge >= 0.3 is 0 Å². The van der Waals surface area contributed by atoms with Gasteiger partial charge in [-0.05, 0) is 19.1 Å². The smallest absolute Gasteiger partial charge is 0.274 e. The molecular weight excluding hydrogens is 304 g/mol. The van der Waals surface area contributed by atoms with Crippen LogP contribution in [0.2, 0.25) is 0 Å². The number of carbonyl (C=O) groups excluding carboxylic acids is 1. The third-order valence-electron chi connectivity index (χ3n) is 4.50. The Hall–Kier alpha value is -2.70. The zero-order valence-electron chi connectivity index (χ0n) is 14.1. The van der Waals surface area contributed by atoms with Gasteiger partial charge in [0, 0.05) is 30.9 Å². The molecule has 0 N–H and O–H groups in total. The molecule has 0 saturated heterocycles. The number of hydrogen-bond donors (Lipinski definition) is 0. The maximum atomic E-state index is 12.8. The summed E-state index contributed by atoms with van der Waals surface area (Å²) in [5, 5.41) is 8.52. The lowest BCUT2D eigenvalue weighted by Crippen LogP contribution is -2.39. The number of pyridine rings is 1. The molecule has 0 radical (unpaired) electrons. The normalized spacial score (nSPS) is 14.4. The van der Waals surface area contributed by atoms with Crippen molar-refractivity contribution in [3.05, 3.63) is 47.4 Å². The van der Waals surface area contributed by atoms with Crippen molar-refractivity contribution < 1.29 is 4.79 Å². The molecule has 1 aliphatic heterocycles. The van der Waals surface area contributed by atoms with Gasteiger partial charge in [-0.25, -0.2) is 4.98 Å². The van der Waals surface area contributed by atoms with Gasteiger partial charge in [0.15, 0.2) is 5.82 Å². The molecule has 0 bridgehead atoms. The number of hydrogen-bond acceptors (Lipinski definition) is 4. The molecule has 0 unspecified atom stereocenters. The standard InChI is InChI=1S/C17H20N6O/c1-11(2)16-20-19-15-10-21(7-8-22(15)16)17(24)13-9-23-12(3)5-4-6-14(23)18-13/h4-6,9,11H,7-8,10H2,1-3H3. The molecule has 7 nitrogen and oxygen atoms in total. The van der Waals surface area contributed by atoms with Crippen molar-refractivity contribution >= 4 is 11.6 Å². The summed E-state index contributed by atoms with van der Waals surface area (Å²) in [6.45, 7) is 8.07. The Bertz CT molecular complexity index is 922. The minimum atomic E-state index is -0.0570. The van der Waals surface area contributed by atoms with Crippen LogP contribution in [0.4, 0.5) is 0 Å². The SMILES string of the molecule is Cc1cccc2nc(C(=O)N3CCn4c(nnc4C(C)C)C3)cn12. The fourth-order valence-corrected chi connectivity index (χ4v) is 3.19. The summed E-state index contributed by atoms with van der Waals surface area (Å²) >= 11 is 0. The summed E-state index contributed by atoms with van der Waals surface area (Å²) in [5.41, 5.74) is 2.32. The Labute approximate surface area is 139 Å². The second-order valence-electron chi connectivity index (χ2n) is 6.53. The van der Waals surface area contributed by atoms with Crippen molar-refractivity contribution in [2.75, 3.05) is 6.54 Å². The molecule has 7 heteroatoms. The Morgan fingerprint density at radius 2 is 2.04 bits per heavy atom. The highest BCUT2D eigenvalue weighted by Gasteiger charge is 2.27. The van der Waals surface area contributed by atoms with Gasteiger partial charge in [0.25, 0.3) is 5.91 Å². The second kappa shape index (κ2) is 5.43. The molecule has 124 valence electrons. The number of nitrogens with zero attached hydrogens (tertiary/aromatic N) is 6. The van der Waals surface area contributed by atoms with E-state index in [9.17, 15) is 4.79 Å². The molecule has 3 aromatic heterocycles. The Morgan fingerprint density at radius 3 is 2.79 bits per heavy atom. The number of imidazole rings is 1. The second-order valence-corrected chi connectivity index (χ2v) is 6.53. The Morgan fingerprint density at radius 1 is 1.21 bits per heavy atom. The van der Waals surface area contributed by atoms with Crippen molar-refractivity contribution in [2.45, 2.75) is 39.8 Å². The maximum absolute atomic E-state index is 12.8. The number of fused-ring (bicyclic) bond motifs is 2. The number of amides is 1. The molecule has 4 rings (SSSR count). The summed E-state index contributed by atoms with van der Waals surface area (Å²) in [6.07, 6.45) is 1.81. The average molecular weight is 324 g/mol. The average Bonchev–Trinajstić information content (AvgIpc) is 3.18. The van der Waals surface area contributed by atoms with Crippen molar-refractivity contribution in [3.8, 4) is 0 Å². The molecule has 1 amide bonds.